The van der Waals surface area contributed by atoms with E-state index in [1.54, 1.807) is 0 Å². The predicted octanol–water partition coefficient (Wildman–Crippen LogP) is -2.60. The maximum Gasteiger partial charge on any atom is 1.00 e. The monoisotopic (exact) mass is 154 g/mol. The number of rotatable bonds is 3. The largest absolute Gasteiger partial charge is 1.00 e. The van der Waals surface area contributed by atoms with Crippen molar-refractivity contribution in [2.45, 2.75) is 20.3 Å². The van der Waals surface area contributed by atoms with Crippen molar-refractivity contribution in [3.05, 3.63) is 0 Å². The molecule has 0 unspecified atom stereocenters. The molecule has 0 aliphatic heterocycles. The Morgan fingerprint density at radius 1 is 1.60 bits per heavy atom. The Morgan fingerprint density at radius 2 is 2.10 bits per heavy atom. The van der Waals surface area contributed by atoms with Gasteiger partial charge in [-0.25, -0.2) is 0 Å². The molecule has 3 nitrogen and oxygen atoms in total. The Hall–Kier alpha value is 0.270. The van der Waals surface area contributed by atoms with Crippen molar-refractivity contribution >= 4 is 6.16 Å². The van der Waals surface area contributed by atoms with Gasteiger partial charge < -0.3 is 14.6 Å². The number of carboxylic acid groups (broad SMARTS) is 1. The van der Waals surface area contributed by atoms with Crippen molar-refractivity contribution in [1.82, 2.24) is 0 Å². The van der Waals surface area contributed by atoms with Gasteiger partial charge in [-0.2, -0.15) is 0 Å². The molecule has 0 saturated carbocycles. The van der Waals surface area contributed by atoms with Gasteiger partial charge in [-0.05, 0) is 12.3 Å². The molecule has 54 valence electrons. The molecule has 0 aromatic carbocycles. The third-order valence-electron chi connectivity index (χ3n) is 0.915. The summed E-state index contributed by atoms with van der Waals surface area (Å²) in [5, 5.41) is 9.65. The van der Waals surface area contributed by atoms with Crippen LogP contribution in [0.25, 0.3) is 0 Å². The van der Waals surface area contributed by atoms with Crippen LogP contribution in [0.3, 0.4) is 0 Å². The van der Waals surface area contributed by atoms with Crippen LogP contribution >= 0.6 is 0 Å². The minimum absolute atomic E-state index is 0. The molecule has 10 heavy (non-hydrogen) atoms. The number of ether oxygens (including phenoxy) is 1. The quantitative estimate of drug-likeness (QED) is 0.331. The zero-order chi connectivity index (χ0) is 7.28. The topological polar surface area (TPSA) is 49.4 Å². The van der Waals surface area contributed by atoms with Gasteiger partial charge >= 0.3 is 29.6 Å². The second-order valence-corrected chi connectivity index (χ2v) is 2.28. The van der Waals surface area contributed by atoms with Crippen LogP contribution in [0.15, 0.2) is 0 Å². The van der Waals surface area contributed by atoms with Gasteiger partial charge in [-0.15, -0.1) is 0 Å². The SMILES string of the molecule is CC(C)CCOC(=O)[O-].[Na+]. The van der Waals surface area contributed by atoms with Crippen LogP contribution in [0.4, 0.5) is 4.79 Å². The second-order valence-electron chi connectivity index (χ2n) is 2.28. The van der Waals surface area contributed by atoms with Crippen LogP contribution in [0.1, 0.15) is 20.3 Å². The van der Waals surface area contributed by atoms with E-state index >= 15 is 0 Å². The minimum atomic E-state index is -1.43. The van der Waals surface area contributed by atoms with E-state index < -0.39 is 6.16 Å². The Kier molecular flexibility index (Phi) is 9.52. The van der Waals surface area contributed by atoms with Gasteiger partial charge in [0.05, 0.1) is 0 Å². The molecule has 0 rings (SSSR count). The van der Waals surface area contributed by atoms with Crippen LogP contribution in [-0.2, 0) is 4.74 Å². The molecule has 0 N–H and O–H groups in total. The Labute approximate surface area is 83.0 Å². The molecule has 0 aromatic heterocycles. The van der Waals surface area contributed by atoms with E-state index in [9.17, 15) is 9.90 Å². The van der Waals surface area contributed by atoms with E-state index in [0.29, 0.717) is 5.92 Å². The second kappa shape index (κ2) is 7.38. The van der Waals surface area contributed by atoms with E-state index in [0.717, 1.165) is 6.42 Å². The summed E-state index contributed by atoms with van der Waals surface area (Å²) in [7, 11) is 0. The van der Waals surface area contributed by atoms with Gasteiger partial charge in [0.1, 0.15) is 0 Å². The molecule has 0 bridgehead atoms. The first-order valence-corrected chi connectivity index (χ1v) is 2.96. The standard InChI is InChI=1S/C6H12O3.Na/c1-5(2)3-4-9-6(7)8;/h5H,3-4H2,1-2H3,(H,7,8);/q;+1/p-1. The Bertz CT molecular complexity index is 93.0. The zero-order valence-corrected chi connectivity index (χ0v) is 8.72. The summed E-state index contributed by atoms with van der Waals surface area (Å²) in [6, 6.07) is 0. The number of hydrogen-bond donors (Lipinski definition) is 0. The van der Waals surface area contributed by atoms with Gasteiger partial charge in [0.15, 0.2) is 0 Å². The smallest absolute Gasteiger partial charge is 0.550 e. The first-order valence-electron chi connectivity index (χ1n) is 2.96. The van der Waals surface area contributed by atoms with Crippen LogP contribution in [0, 0.1) is 5.92 Å². The average molecular weight is 154 g/mol. The van der Waals surface area contributed by atoms with Crippen molar-refractivity contribution in [3.63, 3.8) is 0 Å². The molecule has 0 saturated heterocycles. The van der Waals surface area contributed by atoms with E-state index in [-0.39, 0.29) is 36.2 Å². The number of carbonyl (C=O) groups is 1. The fourth-order valence-electron chi connectivity index (χ4n) is 0.378. The van der Waals surface area contributed by atoms with Crippen molar-refractivity contribution in [1.29, 1.82) is 0 Å². The summed E-state index contributed by atoms with van der Waals surface area (Å²) >= 11 is 0. The van der Waals surface area contributed by atoms with Crippen LogP contribution < -0.4 is 34.7 Å². The first-order chi connectivity index (χ1) is 4.13. The molecule has 0 spiro atoms. The van der Waals surface area contributed by atoms with Crippen molar-refractivity contribution in [3.8, 4) is 0 Å². The summed E-state index contributed by atoms with van der Waals surface area (Å²) in [6.45, 7) is 4.25. The fraction of sp³-hybridized carbons (Fsp3) is 0.833. The molecule has 0 amide bonds. The maximum atomic E-state index is 9.65. The normalized spacial score (nSPS) is 8.70. The van der Waals surface area contributed by atoms with Gasteiger partial charge in [0.2, 0.25) is 0 Å². The molecular formula is C6H11NaO3. The molecule has 4 heteroatoms. The van der Waals surface area contributed by atoms with Crippen LogP contribution in [-0.4, -0.2) is 12.8 Å². The summed E-state index contributed by atoms with van der Waals surface area (Å²) in [5.41, 5.74) is 0. The molecule has 0 aliphatic rings. The van der Waals surface area contributed by atoms with Crippen molar-refractivity contribution < 1.29 is 44.2 Å². The van der Waals surface area contributed by atoms with E-state index in [2.05, 4.69) is 4.74 Å². The Balaban J connectivity index is 0. The number of carbonyl (C=O) groups excluding carboxylic acids is 1. The zero-order valence-electron chi connectivity index (χ0n) is 6.72. The minimum Gasteiger partial charge on any atom is -0.550 e. The van der Waals surface area contributed by atoms with Gasteiger partial charge in [-0.1, -0.05) is 13.8 Å². The molecular weight excluding hydrogens is 143 g/mol. The molecule has 0 aromatic rings. The number of hydrogen-bond acceptors (Lipinski definition) is 3. The summed E-state index contributed by atoms with van der Waals surface area (Å²) in [4.78, 5) is 9.65. The third kappa shape index (κ3) is 11.1. The van der Waals surface area contributed by atoms with E-state index in [1.165, 1.54) is 0 Å². The van der Waals surface area contributed by atoms with Gasteiger partial charge in [0, 0.05) is 6.61 Å². The summed E-state index contributed by atoms with van der Waals surface area (Å²) in [6.07, 6.45) is -0.677. The summed E-state index contributed by atoms with van der Waals surface area (Å²) in [5.74, 6) is 0.476. The maximum absolute atomic E-state index is 9.65. The van der Waals surface area contributed by atoms with Crippen LogP contribution in [0.5, 0.6) is 0 Å². The van der Waals surface area contributed by atoms with E-state index in [1.807, 2.05) is 13.8 Å². The van der Waals surface area contributed by atoms with Gasteiger partial charge in [0.25, 0.3) is 6.16 Å². The molecule has 0 heterocycles. The van der Waals surface area contributed by atoms with Crippen molar-refractivity contribution in [2.75, 3.05) is 6.61 Å². The van der Waals surface area contributed by atoms with Crippen LogP contribution in [0.2, 0.25) is 0 Å². The molecule has 0 radical (unpaired) electrons. The predicted molar refractivity (Wildman–Crippen MR) is 30.8 cm³/mol. The fourth-order valence-corrected chi connectivity index (χ4v) is 0.378. The molecule has 0 atom stereocenters. The third-order valence-corrected chi connectivity index (χ3v) is 0.915. The van der Waals surface area contributed by atoms with Crippen molar-refractivity contribution in [2.24, 2.45) is 5.92 Å². The molecule has 0 aliphatic carbocycles. The Morgan fingerprint density at radius 3 is 2.40 bits per heavy atom. The van der Waals surface area contributed by atoms with E-state index in [4.69, 9.17) is 0 Å². The van der Waals surface area contributed by atoms with Gasteiger partial charge in [-0.3, -0.25) is 0 Å². The summed E-state index contributed by atoms with van der Waals surface area (Å²) < 4.78 is 4.16. The molecule has 0 fully saturated rings. The average Bonchev–Trinajstić information content (AvgIpc) is 1.63. The first kappa shape index (κ1) is 12.9.